The van der Waals surface area contributed by atoms with E-state index in [0.717, 1.165) is 48.1 Å². The van der Waals surface area contributed by atoms with Gasteiger partial charge < -0.3 is 10.4 Å². The average Bonchev–Trinajstić information content (AvgIpc) is 2.37. The zero-order chi connectivity index (χ0) is 14.7. The van der Waals surface area contributed by atoms with Crippen molar-refractivity contribution >= 4 is 21.8 Å². The summed E-state index contributed by atoms with van der Waals surface area (Å²) in [6.45, 7) is 6.10. The van der Waals surface area contributed by atoms with E-state index >= 15 is 0 Å². The number of carbonyl (C=O) groups is 1. The number of aryl methyl sites for hydroxylation is 1. The molecule has 1 saturated heterocycles. The van der Waals surface area contributed by atoms with Crippen molar-refractivity contribution in [1.29, 1.82) is 0 Å². The van der Waals surface area contributed by atoms with E-state index in [4.69, 9.17) is 0 Å². The molecule has 0 atom stereocenters. The molecule has 0 aromatic heterocycles. The Hall–Kier alpha value is -1.07. The first-order valence-corrected chi connectivity index (χ1v) is 7.72. The van der Waals surface area contributed by atoms with Crippen LogP contribution in [0, 0.1) is 6.92 Å². The third-order valence-corrected chi connectivity index (χ3v) is 4.19. The topological polar surface area (TPSA) is 52.6 Å². The van der Waals surface area contributed by atoms with Crippen LogP contribution in [0.4, 0.5) is 0 Å². The van der Waals surface area contributed by atoms with E-state index in [1.807, 2.05) is 19.1 Å². The minimum Gasteiger partial charge on any atom is -0.507 e. The van der Waals surface area contributed by atoms with Crippen molar-refractivity contribution in [3.8, 4) is 5.75 Å². The third kappa shape index (κ3) is 3.96. The number of carbonyl (C=O) groups excluding carboxylic acids is 1. The number of halogens is 1. The molecule has 110 valence electrons. The number of nitrogens with zero attached hydrogens (tertiary/aromatic N) is 1. The van der Waals surface area contributed by atoms with Crippen LogP contribution in [-0.2, 0) is 11.3 Å². The maximum absolute atomic E-state index is 11.0. The summed E-state index contributed by atoms with van der Waals surface area (Å²) in [7, 11) is 0. The van der Waals surface area contributed by atoms with Gasteiger partial charge in [-0.2, -0.15) is 0 Å². The first-order chi connectivity index (χ1) is 9.45. The molecule has 5 heteroatoms. The highest BCUT2D eigenvalue weighted by Gasteiger charge is 2.20. The van der Waals surface area contributed by atoms with E-state index in [-0.39, 0.29) is 5.91 Å². The zero-order valence-corrected chi connectivity index (χ0v) is 13.5. The molecule has 0 unspecified atom stereocenters. The number of amides is 1. The highest BCUT2D eigenvalue weighted by atomic mass is 79.9. The van der Waals surface area contributed by atoms with Gasteiger partial charge in [-0.1, -0.05) is 15.9 Å². The Kier molecular flexibility index (Phi) is 5.05. The molecule has 1 heterocycles. The summed E-state index contributed by atoms with van der Waals surface area (Å²) >= 11 is 3.47. The van der Waals surface area contributed by atoms with Crippen LogP contribution < -0.4 is 5.32 Å². The number of piperidine rings is 1. The normalized spacial score (nSPS) is 17.1. The van der Waals surface area contributed by atoms with Gasteiger partial charge in [0.2, 0.25) is 5.91 Å². The molecule has 1 amide bonds. The van der Waals surface area contributed by atoms with Crippen molar-refractivity contribution in [3.05, 3.63) is 27.7 Å². The highest BCUT2D eigenvalue weighted by Crippen LogP contribution is 2.28. The molecule has 0 spiro atoms. The quantitative estimate of drug-likeness (QED) is 0.889. The number of phenolic OH excluding ortho intramolecular Hbond substituents is 1. The lowest BCUT2D eigenvalue weighted by Gasteiger charge is -2.32. The summed E-state index contributed by atoms with van der Waals surface area (Å²) in [5.41, 5.74) is 1.84. The summed E-state index contributed by atoms with van der Waals surface area (Å²) in [6, 6.07) is 4.19. The summed E-state index contributed by atoms with van der Waals surface area (Å²) in [6.07, 6.45) is 1.93. The van der Waals surface area contributed by atoms with Crippen LogP contribution in [0.15, 0.2) is 16.6 Å². The molecule has 0 saturated carbocycles. The number of phenols is 1. The summed E-state index contributed by atoms with van der Waals surface area (Å²) in [5, 5.41) is 13.1. The smallest absolute Gasteiger partial charge is 0.217 e. The molecular formula is C15H21BrN2O2. The molecule has 4 nitrogen and oxygen atoms in total. The van der Waals surface area contributed by atoms with Crippen LogP contribution in [-0.4, -0.2) is 35.0 Å². The van der Waals surface area contributed by atoms with E-state index in [1.165, 1.54) is 0 Å². The number of rotatable bonds is 3. The highest BCUT2D eigenvalue weighted by molar-refractivity contribution is 9.10. The van der Waals surface area contributed by atoms with Gasteiger partial charge in [0.05, 0.1) is 0 Å². The largest absolute Gasteiger partial charge is 0.507 e. The molecular weight excluding hydrogens is 320 g/mol. The van der Waals surface area contributed by atoms with Crippen LogP contribution in [0.5, 0.6) is 5.75 Å². The molecule has 20 heavy (non-hydrogen) atoms. The molecule has 2 N–H and O–H groups in total. The predicted octanol–water partition coefficient (Wildman–Crippen LogP) is 2.56. The van der Waals surface area contributed by atoms with Gasteiger partial charge in [0, 0.05) is 42.6 Å². The molecule has 1 fully saturated rings. The summed E-state index contributed by atoms with van der Waals surface area (Å²) in [4.78, 5) is 13.4. The molecule has 2 rings (SSSR count). The summed E-state index contributed by atoms with van der Waals surface area (Å²) < 4.78 is 0.996. The van der Waals surface area contributed by atoms with Crippen LogP contribution in [0.25, 0.3) is 0 Å². The predicted molar refractivity (Wildman–Crippen MR) is 82.7 cm³/mol. The Morgan fingerprint density at radius 2 is 2.10 bits per heavy atom. The van der Waals surface area contributed by atoms with Gasteiger partial charge in [0.15, 0.2) is 0 Å². The second kappa shape index (κ2) is 6.59. The minimum absolute atomic E-state index is 0.0451. The van der Waals surface area contributed by atoms with Gasteiger partial charge >= 0.3 is 0 Å². The fourth-order valence-corrected chi connectivity index (χ4v) is 3.31. The van der Waals surface area contributed by atoms with Gasteiger partial charge in [0.1, 0.15) is 5.75 Å². The fraction of sp³-hybridized carbons (Fsp3) is 0.533. The average molecular weight is 341 g/mol. The monoisotopic (exact) mass is 340 g/mol. The van der Waals surface area contributed by atoms with E-state index in [9.17, 15) is 9.90 Å². The van der Waals surface area contributed by atoms with E-state index in [0.29, 0.717) is 11.8 Å². The molecule has 0 radical (unpaired) electrons. The minimum atomic E-state index is 0.0451. The number of hydrogen-bond acceptors (Lipinski definition) is 3. The Morgan fingerprint density at radius 1 is 1.45 bits per heavy atom. The molecule has 1 aliphatic heterocycles. The number of likely N-dealkylation sites (tertiary alicyclic amines) is 1. The number of hydrogen-bond donors (Lipinski definition) is 2. The number of benzene rings is 1. The molecule has 0 bridgehead atoms. The first-order valence-electron chi connectivity index (χ1n) is 6.93. The Labute approximate surface area is 128 Å². The standard InChI is InChI=1S/C15H21BrN2O2/c1-10-7-13(16)8-12(15(10)20)9-18-5-3-14(4-6-18)17-11(2)19/h7-8,14,20H,3-6,9H2,1-2H3,(H,17,19). The summed E-state index contributed by atoms with van der Waals surface area (Å²) in [5.74, 6) is 0.431. The second-order valence-electron chi connectivity index (χ2n) is 5.48. The molecule has 1 aliphatic rings. The van der Waals surface area contributed by atoms with Crippen molar-refractivity contribution in [1.82, 2.24) is 10.2 Å². The van der Waals surface area contributed by atoms with Gasteiger partial charge in [-0.3, -0.25) is 9.69 Å². The van der Waals surface area contributed by atoms with E-state index in [2.05, 4.69) is 26.1 Å². The van der Waals surface area contributed by atoms with Gasteiger partial charge in [-0.15, -0.1) is 0 Å². The van der Waals surface area contributed by atoms with Crippen molar-refractivity contribution in [3.63, 3.8) is 0 Å². The molecule has 1 aromatic carbocycles. The number of nitrogens with one attached hydrogen (secondary N) is 1. The van der Waals surface area contributed by atoms with Crippen molar-refractivity contribution in [2.45, 2.75) is 39.3 Å². The lowest BCUT2D eigenvalue weighted by Crippen LogP contribution is -2.43. The Morgan fingerprint density at radius 3 is 2.70 bits per heavy atom. The maximum Gasteiger partial charge on any atom is 0.217 e. The number of aromatic hydroxyl groups is 1. The zero-order valence-electron chi connectivity index (χ0n) is 11.9. The van der Waals surface area contributed by atoms with Crippen molar-refractivity contribution in [2.75, 3.05) is 13.1 Å². The lowest BCUT2D eigenvalue weighted by atomic mass is 10.0. The van der Waals surface area contributed by atoms with Crippen LogP contribution in [0.1, 0.15) is 30.9 Å². The van der Waals surface area contributed by atoms with Gasteiger partial charge in [-0.25, -0.2) is 0 Å². The van der Waals surface area contributed by atoms with E-state index < -0.39 is 0 Å². The van der Waals surface area contributed by atoms with Crippen molar-refractivity contribution in [2.24, 2.45) is 0 Å². The van der Waals surface area contributed by atoms with Crippen LogP contribution >= 0.6 is 15.9 Å². The van der Waals surface area contributed by atoms with Crippen LogP contribution in [0.2, 0.25) is 0 Å². The molecule has 1 aromatic rings. The fourth-order valence-electron chi connectivity index (χ4n) is 2.69. The Balaban J connectivity index is 1.94. The van der Waals surface area contributed by atoms with Gasteiger partial charge in [0.25, 0.3) is 0 Å². The SMILES string of the molecule is CC(=O)NC1CCN(Cc2cc(Br)cc(C)c2O)CC1. The second-order valence-corrected chi connectivity index (χ2v) is 6.40. The van der Waals surface area contributed by atoms with E-state index in [1.54, 1.807) is 6.92 Å². The van der Waals surface area contributed by atoms with Gasteiger partial charge in [-0.05, 0) is 37.5 Å². The Bertz CT molecular complexity index is 497. The van der Waals surface area contributed by atoms with Crippen LogP contribution in [0.3, 0.4) is 0 Å². The molecule has 0 aliphatic carbocycles. The maximum atomic E-state index is 11.0. The lowest BCUT2D eigenvalue weighted by molar-refractivity contribution is -0.119. The first kappa shape index (κ1) is 15.3. The van der Waals surface area contributed by atoms with Crippen molar-refractivity contribution < 1.29 is 9.90 Å². The third-order valence-electron chi connectivity index (χ3n) is 3.73.